The van der Waals surface area contributed by atoms with Crippen LogP contribution in [0.2, 0.25) is 0 Å². The Labute approximate surface area is 204 Å². The number of oxazole rings is 1. The van der Waals surface area contributed by atoms with Gasteiger partial charge in [0.1, 0.15) is 11.5 Å². The summed E-state index contributed by atoms with van der Waals surface area (Å²) in [5, 5.41) is 0.0789. The van der Waals surface area contributed by atoms with Gasteiger partial charge in [0.25, 0.3) is 0 Å². The molecule has 180 valence electrons. The van der Waals surface area contributed by atoms with Gasteiger partial charge in [-0.1, -0.05) is 32.9 Å². The summed E-state index contributed by atoms with van der Waals surface area (Å²) in [6.07, 6.45) is 9.99. The summed E-state index contributed by atoms with van der Waals surface area (Å²) in [5.74, 6) is 4.12. The van der Waals surface area contributed by atoms with Crippen LogP contribution in [0, 0.1) is 12.3 Å². The molecule has 1 aromatic heterocycles. The van der Waals surface area contributed by atoms with Crippen LogP contribution in [-0.4, -0.2) is 27.7 Å². The van der Waals surface area contributed by atoms with Crippen molar-refractivity contribution in [1.29, 1.82) is 0 Å². The van der Waals surface area contributed by atoms with E-state index in [0.29, 0.717) is 5.88 Å². The Hall–Kier alpha value is -1.39. The molecule has 2 rings (SSSR count). The Balaban J connectivity index is 2.20. The third-order valence-corrected chi connectivity index (χ3v) is 6.61. The lowest BCUT2D eigenvalue weighted by Gasteiger charge is -2.23. The van der Waals surface area contributed by atoms with E-state index in [4.69, 9.17) is 37.3 Å². The predicted molar refractivity (Wildman–Crippen MR) is 135 cm³/mol. The topological polar surface area (TPSA) is 38.5 Å². The number of aromatic nitrogens is 1. The number of hydrogen-bond donors (Lipinski definition) is 0. The third-order valence-electron chi connectivity index (χ3n) is 5.88. The zero-order chi connectivity index (χ0) is 24.1. The third kappa shape index (κ3) is 6.81. The molecule has 0 saturated heterocycles. The summed E-state index contributed by atoms with van der Waals surface area (Å²) >= 11 is 12.2. The van der Waals surface area contributed by atoms with E-state index in [9.17, 15) is 0 Å². The van der Waals surface area contributed by atoms with Crippen molar-refractivity contribution in [2.24, 2.45) is 5.41 Å². The molecule has 4 nitrogen and oxygen atoms in total. The van der Waals surface area contributed by atoms with Crippen LogP contribution in [0.3, 0.4) is 0 Å². The lowest BCUT2D eigenvalue weighted by molar-refractivity contribution is 0.237. The Kier molecular flexibility index (Phi) is 9.36. The maximum Gasteiger partial charge on any atom is 0.204 e. The van der Waals surface area contributed by atoms with Gasteiger partial charge >= 0.3 is 0 Å². The standard InChI is InChI=1S/C26H40Cl2N2O2/c1-9-20(28)16-21-19(4)31-24(29-21)26(7,8)14-13-25(5,6)17-23-30(10-2)18(3)22(32-23)12-11-15-27/h13-14,17,20H,9-12,15-16H2,1-8H3/b14-13?,23-17-. The molecule has 1 aliphatic heterocycles. The largest absolute Gasteiger partial charge is 0.445 e. The lowest BCUT2D eigenvalue weighted by atomic mass is 9.86. The van der Waals surface area contributed by atoms with Crippen molar-refractivity contribution in [3.8, 4) is 0 Å². The average molecular weight is 484 g/mol. The molecule has 0 saturated carbocycles. The van der Waals surface area contributed by atoms with Crippen LogP contribution in [0.25, 0.3) is 0 Å². The average Bonchev–Trinajstić information content (AvgIpc) is 3.24. The number of alkyl halides is 2. The second kappa shape index (κ2) is 11.2. The fourth-order valence-corrected chi connectivity index (χ4v) is 3.92. The SMILES string of the molecule is CCC(Cl)Cc1nc(C(C)(C)C=CC(C)(C)/C=C2\OC(CCCCl)=C(C)N2CC)oc1C. The molecule has 1 aromatic rings. The molecule has 0 aliphatic carbocycles. The molecule has 0 amide bonds. The maximum absolute atomic E-state index is 6.34. The molecule has 0 aromatic carbocycles. The van der Waals surface area contributed by atoms with Gasteiger partial charge in [0.2, 0.25) is 5.89 Å². The fraction of sp³-hybridized carbons (Fsp3) is 0.654. The van der Waals surface area contributed by atoms with Gasteiger partial charge in [-0.05, 0) is 53.5 Å². The van der Waals surface area contributed by atoms with E-state index in [-0.39, 0.29) is 16.2 Å². The smallest absolute Gasteiger partial charge is 0.204 e. The first-order chi connectivity index (χ1) is 14.9. The lowest BCUT2D eigenvalue weighted by Crippen LogP contribution is -2.20. The van der Waals surface area contributed by atoms with E-state index >= 15 is 0 Å². The predicted octanol–water partition coefficient (Wildman–Crippen LogP) is 7.85. The number of rotatable bonds is 11. The van der Waals surface area contributed by atoms with Crippen molar-refractivity contribution in [3.63, 3.8) is 0 Å². The summed E-state index contributed by atoms with van der Waals surface area (Å²) < 4.78 is 12.3. The van der Waals surface area contributed by atoms with Crippen LogP contribution < -0.4 is 0 Å². The highest BCUT2D eigenvalue weighted by molar-refractivity contribution is 6.20. The summed E-state index contributed by atoms with van der Waals surface area (Å²) in [6.45, 7) is 17.8. The second-order valence-electron chi connectivity index (χ2n) is 9.74. The first-order valence-electron chi connectivity index (χ1n) is 11.7. The molecular weight excluding hydrogens is 443 g/mol. The van der Waals surface area contributed by atoms with Crippen molar-refractivity contribution in [1.82, 2.24) is 9.88 Å². The minimum Gasteiger partial charge on any atom is -0.445 e. The normalized spacial score (nSPS) is 17.7. The molecule has 1 aliphatic rings. The van der Waals surface area contributed by atoms with E-state index < -0.39 is 0 Å². The van der Waals surface area contributed by atoms with Crippen LogP contribution in [0.5, 0.6) is 0 Å². The van der Waals surface area contributed by atoms with Crippen LogP contribution in [0.1, 0.15) is 85.1 Å². The van der Waals surface area contributed by atoms with Crippen molar-refractivity contribution in [3.05, 3.63) is 52.9 Å². The van der Waals surface area contributed by atoms with Crippen LogP contribution in [0.4, 0.5) is 0 Å². The Bertz CT molecular complexity index is 865. The molecule has 2 heterocycles. The van der Waals surface area contributed by atoms with E-state index in [1.165, 1.54) is 5.70 Å². The van der Waals surface area contributed by atoms with Gasteiger partial charge in [-0.3, -0.25) is 0 Å². The van der Waals surface area contributed by atoms with E-state index in [1.54, 1.807) is 0 Å². The minimum atomic E-state index is -0.340. The molecule has 0 spiro atoms. The highest BCUT2D eigenvalue weighted by Crippen LogP contribution is 2.35. The van der Waals surface area contributed by atoms with Crippen molar-refractivity contribution < 1.29 is 9.15 Å². The van der Waals surface area contributed by atoms with Crippen molar-refractivity contribution in [2.75, 3.05) is 12.4 Å². The molecule has 6 heteroatoms. The van der Waals surface area contributed by atoms with Gasteiger partial charge in [0.15, 0.2) is 5.88 Å². The van der Waals surface area contributed by atoms with Gasteiger partial charge in [-0.2, -0.15) is 0 Å². The summed E-state index contributed by atoms with van der Waals surface area (Å²) in [4.78, 5) is 7.01. The fourth-order valence-electron chi connectivity index (χ4n) is 3.64. The number of ether oxygens (including phenoxy) is 1. The molecule has 1 atom stereocenters. The number of aryl methyl sites for hydroxylation is 1. The first-order valence-corrected chi connectivity index (χ1v) is 12.7. The van der Waals surface area contributed by atoms with Crippen LogP contribution >= 0.6 is 23.2 Å². The van der Waals surface area contributed by atoms with E-state index in [0.717, 1.165) is 61.2 Å². The quantitative estimate of drug-likeness (QED) is 0.237. The van der Waals surface area contributed by atoms with Crippen molar-refractivity contribution in [2.45, 2.75) is 91.9 Å². The monoisotopic (exact) mass is 482 g/mol. The molecule has 0 radical (unpaired) electrons. The number of allylic oxidation sites excluding steroid dienone is 5. The highest BCUT2D eigenvalue weighted by atomic mass is 35.5. The van der Waals surface area contributed by atoms with E-state index in [1.807, 2.05) is 6.92 Å². The Morgan fingerprint density at radius 1 is 1.12 bits per heavy atom. The summed E-state index contributed by atoms with van der Waals surface area (Å²) in [6, 6.07) is 0. The maximum atomic E-state index is 6.34. The highest BCUT2D eigenvalue weighted by Gasteiger charge is 2.29. The molecule has 1 unspecified atom stereocenters. The summed E-state index contributed by atoms with van der Waals surface area (Å²) in [5.41, 5.74) is 1.58. The van der Waals surface area contributed by atoms with Crippen LogP contribution in [-0.2, 0) is 16.6 Å². The molecule has 0 N–H and O–H groups in total. The minimum absolute atomic E-state index is 0.0789. The zero-order valence-electron chi connectivity index (χ0n) is 21.0. The van der Waals surface area contributed by atoms with Gasteiger partial charge in [-0.15, -0.1) is 23.2 Å². The first kappa shape index (κ1) is 26.9. The molecular formula is C26H40Cl2N2O2. The van der Waals surface area contributed by atoms with Crippen LogP contribution in [0.15, 0.2) is 40.0 Å². The molecule has 0 fully saturated rings. The number of hydrogen-bond acceptors (Lipinski definition) is 4. The molecule has 0 bridgehead atoms. The Morgan fingerprint density at radius 2 is 1.81 bits per heavy atom. The number of halogens is 2. The van der Waals surface area contributed by atoms with Gasteiger partial charge in [0, 0.05) is 36.1 Å². The second-order valence-corrected chi connectivity index (χ2v) is 10.7. The van der Waals surface area contributed by atoms with E-state index in [2.05, 4.69) is 71.6 Å². The molecule has 32 heavy (non-hydrogen) atoms. The number of nitrogens with zero attached hydrogens (tertiary/aromatic N) is 2. The zero-order valence-corrected chi connectivity index (χ0v) is 22.5. The Morgan fingerprint density at radius 3 is 2.41 bits per heavy atom. The summed E-state index contributed by atoms with van der Waals surface area (Å²) in [7, 11) is 0. The van der Waals surface area contributed by atoms with Gasteiger partial charge in [0.05, 0.1) is 16.8 Å². The van der Waals surface area contributed by atoms with Gasteiger partial charge in [-0.25, -0.2) is 4.98 Å². The van der Waals surface area contributed by atoms with Gasteiger partial charge < -0.3 is 14.1 Å². The van der Waals surface area contributed by atoms with Crippen molar-refractivity contribution >= 4 is 23.2 Å².